The number of nitrogens with one attached hydrogen (secondary N) is 3. The lowest BCUT2D eigenvalue weighted by Gasteiger charge is -2.32. The second-order valence-corrected chi connectivity index (χ2v) is 8.32. The fraction of sp³-hybridized carbons (Fsp3) is 0.455. The molecule has 8 heteroatoms. The fourth-order valence-electron chi connectivity index (χ4n) is 3.83. The lowest BCUT2D eigenvalue weighted by atomic mass is 9.93. The standard InChI is InChI=1S/C22H26FN5O2/c1-12(2)19(14-6-7-15(13-4-5-13)16(23)10-14)28-22(30)17-11-18(29)27-21(26-17)20-24-8-3-9-25-20/h3,6-10,12-13,17,19,21,26H,4-5,11H2,1-2H3,(H,27,29)(H,28,30)/t17?,19-,21?/m1/s1. The van der Waals surface area contributed by atoms with Gasteiger partial charge in [0.05, 0.1) is 18.5 Å². The summed E-state index contributed by atoms with van der Waals surface area (Å²) in [7, 11) is 0. The third-order valence-electron chi connectivity index (χ3n) is 5.59. The smallest absolute Gasteiger partial charge is 0.238 e. The molecular formula is C22H26FN5O2. The highest BCUT2D eigenvalue weighted by molar-refractivity contribution is 5.89. The molecular weight excluding hydrogens is 385 g/mol. The molecule has 1 aromatic carbocycles. The van der Waals surface area contributed by atoms with Gasteiger partial charge in [0.2, 0.25) is 11.8 Å². The summed E-state index contributed by atoms with van der Waals surface area (Å²) in [4.78, 5) is 33.4. The highest BCUT2D eigenvalue weighted by Gasteiger charge is 2.34. The first-order valence-corrected chi connectivity index (χ1v) is 10.3. The van der Waals surface area contributed by atoms with Gasteiger partial charge in [0.25, 0.3) is 0 Å². The molecule has 2 aromatic rings. The minimum Gasteiger partial charge on any atom is -0.348 e. The Hall–Kier alpha value is -2.87. The molecule has 0 spiro atoms. The van der Waals surface area contributed by atoms with E-state index in [-0.39, 0.29) is 36.0 Å². The predicted octanol–water partition coefficient (Wildman–Crippen LogP) is 2.48. The first-order valence-electron chi connectivity index (χ1n) is 10.3. The second kappa shape index (κ2) is 8.47. The molecule has 158 valence electrons. The van der Waals surface area contributed by atoms with E-state index < -0.39 is 12.2 Å². The maximum absolute atomic E-state index is 14.6. The summed E-state index contributed by atoms with van der Waals surface area (Å²) in [6, 6.07) is 5.84. The zero-order chi connectivity index (χ0) is 21.3. The van der Waals surface area contributed by atoms with Crippen molar-refractivity contribution in [2.75, 3.05) is 0 Å². The summed E-state index contributed by atoms with van der Waals surface area (Å²) in [6.45, 7) is 3.94. The Kier molecular flexibility index (Phi) is 5.76. The van der Waals surface area contributed by atoms with Gasteiger partial charge in [-0.25, -0.2) is 14.4 Å². The van der Waals surface area contributed by atoms with E-state index in [0.717, 1.165) is 24.0 Å². The lowest BCUT2D eigenvalue weighted by molar-refractivity contribution is -0.132. The van der Waals surface area contributed by atoms with E-state index in [2.05, 4.69) is 25.9 Å². The quantitative estimate of drug-likeness (QED) is 0.679. The summed E-state index contributed by atoms with van der Waals surface area (Å²) in [5, 5.41) is 8.84. The maximum atomic E-state index is 14.6. The largest absolute Gasteiger partial charge is 0.348 e. The summed E-state index contributed by atoms with van der Waals surface area (Å²) in [6.07, 6.45) is 4.58. The summed E-state index contributed by atoms with van der Waals surface area (Å²) in [5.41, 5.74) is 1.48. The first-order chi connectivity index (χ1) is 14.4. The molecule has 3 atom stereocenters. The van der Waals surface area contributed by atoms with Crippen LogP contribution in [0.15, 0.2) is 36.7 Å². The number of carbonyl (C=O) groups excluding carboxylic acids is 2. The first kappa shape index (κ1) is 20.4. The van der Waals surface area contributed by atoms with Crippen LogP contribution in [0.4, 0.5) is 4.39 Å². The van der Waals surface area contributed by atoms with E-state index in [1.165, 1.54) is 6.07 Å². The molecule has 1 saturated carbocycles. The summed E-state index contributed by atoms with van der Waals surface area (Å²) in [5.74, 6) is -0.0182. The van der Waals surface area contributed by atoms with E-state index in [9.17, 15) is 14.0 Å². The van der Waals surface area contributed by atoms with Crippen molar-refractivity contribution in [3.05, 3.63) is 59.4 Å². The number of hydrogen-bond donors (Lipinski definition) is 3. The summed E-state index contributed by atoms with van der Waals surface area (Å²) < 4.78 is 14.6. The van der Waals surface area contributed by atoms with Gasteiger partial charge in [-0.05, 0) is 47.9 Å². The Bertz CT molecular complexity index is 932. The van der Waals surface area contributed by atoms with Gasteiger partial charge in [0, 0.05) is 12.4 Å². The monoisotopic (exact) mass is 411 g/mol. The Labute approximate surface area is 174 Å². The number of benzene rings is 1. The number of nitrogens with zero attached hydrogens (tertiary/aromatic N) is 2. The molecule has 2 heterocycles. The minimum atomic E-state index is -0.732. The van der Waals surface area contributed by atoms with Crippen LogP contribution in [0.5, 0.6) is 0 Å². The number of rotatable bonds is 6. The van der Waals surface area contributed by atoms with E-state index in [0.29, 0.717) is 11.7 Å². The molecule has 1 aliphatic carbocycles. The van der Waals surface area contributed by atoms with Crippen molar-refractivity contribution in [1.29, 1.82) is 0 Å². The Morgan fingerprint density at radius 2 is 1.97 bits per heavy atom. The van der Waals surface area contributed by atoms with Crippen LogP contribution in [0.1, 0.15) is 68.2 Å². The second-order valence-electron chi connectivity index (χ2n) is 8.32. The highest BCUT2D eigenvalue weighted by Crippen LogP contribution is 2.41. The van der Waals surface area contributed by atoms with Gasteiger partial charge in [-0.1, -0.05) is 26.0 Å². The number of halogens is 1. The normalized spacial score (nSPS) is 22.5. The van der Waals surface area contributed by atoms with Crippen molar-refractivity contribution in [3.8, 4) is 0 Å². The van der Waals surface area contributed by atoms with Crippen molar-refractivity contribution >= 4 is 11.8 Å². The van der Waals surface area contributed by atoms with E-state index in [1.807, 2.05) is 26.0 Å². The highest BCUT2D eigenvalue weighted by atomic mass is 19.1. The van der Waals surface area contributed by atoms with Crippen LogP contribution in [-0.2, 0) is 9.59 Å². The van der Waals surface area contributed by atoms with E-state index >= 15 is 0 Å². The molecule has 2 aliphatic rings. The van der Waals surface area contributed by atoms with Crippen molar-refractivity contribution in [2.45, 2.75) is 57.3 Å². The van der Waals surface area contributed by atoms with Gasteiger partial charge in [-0.2, -0.15) is 0 Å². The zero-order valence-electron chi connectivity index (χ0n) is 17.1. The van der Waals surface area contributed by atoms with Gasteiger partial charge in [-0.15, -0.1) is 0 Å². The predicted molar refractivity (Wildman–Crippen MR) is 109 cm³/mol. The van der Waals surface area contributed by atoms with Gasteiger partial charge >= 0.3 is 0 Å². The van der Waals surface area contributed by atoms with E-state index in [1.54, 1.807) is 18.5 Å². The van der Waals surface area contributed by atoms with Crippen LogP contribution in [0, 0.1) is 11.7 Å². The Morgan fingerprint density at radius 1 is 1.23 bits per heavy atom. The lowest BCUT2D eigenvalue weighted by Crippen LogP contribution is -2.57. The molecule has 3 N–H and O–H groups in total. The molecule has 30 heavy (non-hydrogen) atoms. The Morgan fingerprint density at radius 3 is 2.60 bits per heavy atom. The number of amides is 2. The van der Waals surface area contributed by atoms with Crippen LogP contribution in [0.2, 0.25) is 0 Å². The third-order valence-corrected chi connectivity index (χ3v) is 5.59. The van der Waals surface area contributed by atoms with Gasteiger partial charge < -0.3 is 10.6 Å². The van der Waals surface area contributed by atoms with Crippen LogP contribution in [0.3, 0.4) is 0 Å². The van der Waals surface area contributed by atoms with E-state index in [4.69, 9.17) is 0 Å². The molecule has 2 unspecified atom stereocenters. The van der Waals surface area contributed by atoms with Crippen molar-refractivity contribution in [3.63, 3.8) is 0 Å². The summed E-state index contributed by atoms with van der Waals surface area (Å²) >= 11 is 0. The van der Waals surface area contributed by atoms with Crippen LogP contribution < -0.4 is 16.0 Å². The van der Waals surface area contributed by atoms with Gasteiger partial charge in [-0.3, -0.25) is 14.9 Å². The van der Waals surface area contributed by atoms with Crippen molar-refractivity contribution in [1.82, 2.24) is 25.9 Å². The number of hydrogen-bond acceptors (Lipinski definition) is 5. The molecule has 0 radical (unpaired) electrons. The zero-order valence-corrected chi connectivity index (χ0v) is 17.1. The Balaban J connectivity index is 1.48. The minimum absolute atomic E-state index is 0.00889. The molecule has 1 aromatic heterocycles. The molecule has 2 fully saturated rings. The molecule has 1 aliphatic heterocycles. The topological polar surface area (TPSA) is 96.0 Å². The fourth-order valence-corrected chi connectivity index (χ4v) is 3.83. The van der Waals surface area contributed by atoms with Crippen LogP contribution in [0.25, 0.3) is 0 Å². The van der Waals surface area contributed by atoms with Crippen LogP contribution in [-0.4, -0.2) is 27.8 Å². The molecule has 7 nitrogen and oxygen atoms in total. The third kappa shape index (κ3) is 4.48. The van der Waals surface area contributed by atoms with Crippen LogP contribution >= 0.6 is 0 Å². The maximum Gasteiger partial charge on any atom is 0.238 e. The SMILES string of the molecule is CC(C)[C@@H](NC(=O)C1CC(=O)NC(c2ncccn2)N1)c1ccc(C2CC2)c(F)c1. The molecule has 4 rings (SSSR count). The van der Waals surface area contributed by atoms with Crippen molar-refractivity contribution in [2.24, 2.45) is 5.92 Å². The number of carbonyl (C=O) groups is 2. The average molecular weight is 411 g/mol. The van der Waals surface area contributed by atoms with Gasteiger partial charge in [0.15, 0.2) is 5.82 Å². The van der Waals surface area contributed by atoms with Gasteiger partial charge in [0.1, 0.15) is 12.0 Å². The molecule has 1 saturated heterocycles. The van der Waals surface area contributed by atoms with Crippen molar-refractivity contribution < 1.29 is 14.0 Å². The molecule has 0 bridgehead atoms. The average Bonchev–Trinajstić information content (AvgIpc) is 3.57. The number of aromatic nitrogens is 2. The molecule has 2 amide bonds.